The van der Waals surface area contributed by atoms with Crippen LogP contribution in [0.3, 0.4) is 0 Å². The third-order valence-electron chi connectivity index (χ3n) is 3.42. The lowest BCUT2D eigenvalue weighted by atomic mass is 10.0. The summed E-state index contributed by atoms with van der Waals surface area (Å²) in [7, 11) is -1.96. The SMILES string of the molecule is Cc1ncc(S(=O)(=O)N(C)Cc2ccc(C(C)C)cc2)[nH]1. The largest absolute Gasteiger partial charge is 0.332 e. The van der Waals surface area contributed by atoms with Crippen LogP contribution in [0, 0.1) is 6.92 Å². The first-order chi connectivity index (χ1) is 9.80. The van der Waals surface area contributed by atoms with Crippen molar-refractivity contribution in [1.82, 2.24) is 14.3 Å². The molecule has 2 rings (SSSR count). The Morgan fingerprint density at radius 1 is 1.24 bits per heavy atom. The van der Waals surface area contributed by atoms with Crippen LogP contribution in [0.1, 0.15) is 36.7 Å². The van der Waals surface area contributed by atoms with Gasteiger partial charge < -0.3 is 4.98 Å². The summed E-state index contributed by atoms with van der Waals surface area (Å²) in [5.41, 5.74) is 2.20. The van der Waals surface area contributed by atoms with Crippen molar-refractivity contribution in [3.8, 4) is 0 Å². The molecule has 0 saturated heterocycles. The van der Waals surface area contributed by atoms with E-state index in [1.54, 1.807) is 14.0 Å². The van der Waals surface area contributed by atoms with E-state index in [0.29, 0.717) is 18.3 Å². The van der Waals surface area contributed by atoms with Gasteiger partial charge >= 0.3 is 0 Å². The van der Waals surface area contributed by atoms with E-state index < -0.39 is 10.0 Å². The zero-order valence-corrected chi connectivity index (χ0v) is 13.6. The van der Waals surface area contributed by atoms with Crippen molar-refractivity contribution in [1.29, 1.82) is 0 Å². The topological polar surface area (TPSA) is 66.1 Å². The average molecular weight is 307 g/mol. The predicted octanol–water partition coefficient (Wildman–Crippen LogP) is 2.66. The second-order valence-electron chi connectivity index (χ2n) is 5.49. The molecule has 2 aromatic rings. The molecule has 0 fully saturated rings. The number of aromatic amines is 1. The van der Waals surface area contributed by atoms with Gasteiger partial charge in [0.15, 0.2) is 5.03 Å². The fourth-order valence-electron chi connectivity index (χ4n) is 2.05. The predicted molar refractivity (Wildman–Crippen MR) is 82.5 cm³/mol. The van der Waals surface area contributed by atoms with E-state index in [9.17, 15) is 8.42 Å². The highest BCUT2D eigenvalue weighted by molar-refractivity contribution is 7.89. The quantitative estimate of drug-likeness (QED) is 0.923. The number of H-pyrrole nitrogens is 1. The maximum absolute atomic E-state index is 12.4. The van der Waals surface area contributed by atoms with Crippen molar-refractivity contribution < 1.29 is 8.42 Å². The van der Waals surface area contributed by atoms with Crippen molar-refractivity contribution in [3.63, 3.8) is 0 Å². The minimum Gasteiger partial charge on any atom is -0.332 e. The van der Waals surface area contributed by atoms with E-state index in [4.69, 9.17) is 0 Å². The lowest BCUT2D eigenvalue weighted by Crippen LogP contribution is -2.26. The first kappa shape index (κ1) is 15.7. The van der Waals surface area contributed by atoms with Gasteiger partial charge in [-0.15, -0.1) is 0 Å². The third-order valence-corrected chi connectivity index (χ3v) is 5.13. The fourth-order valence-corrected chi connectivity index (χ4v) is 3.16. The van der Waals surface area contributed by atoms with Crippen molar-refractivity contribution in [3.05, 3.63) is 47.4 Å². The minimum absolute atomic E-state index is 0.126. The van der Waals surface area contributed by atoms with Crippen molar-refractivity contribution >= 4 is 10.0 Å². The maximum atomic E-state index is 12.4. The van der Waals surface area contributed by atoms with Gasteiger partial charge in [0, 0.05) is 13.6 Å². The van der Waals surface area contributed by atoms with Crippen LogP contribution in [0.25, 0.3) is 0 Å². The molecule has 0 amide bonds. The molecule has 0 aliphatic carbocycles. The average Bonchev–Trinajstić information content (AvgIpc) is 2.86. The summed E-state index contributed by atoms with van der Waals surface area (Å²) in [4.78, 5) is 6.71. The number of aromatic nitrogens is 2. The Balaban J connectivity index is 2.15. The zero-order valence-electron chi connectivity index (χ0n) is 12.8. The molecule has 21 heavy (non-hydrogen) atoms. The second-order valence-corrected chi connectivity index (χ2v) is 7.50. The van der Waals surface area contributed by atoms with Crippen LogP contribution in [0.15, 0.2) is 35.5 Å². The van der Waals surface area contributed by atoms with Gasteiger partial charge in [-0.25, -0.2) is 13.4 Å². The molecule has 0 atom stereocenters. The molecule has 0 aliphatic rings. The Kier molecular flexibility index (Phi) is 4.49. The summed E-state index contributed by atoms with van der Waals surface area (Å²) in [6.07, 6.45) is 1.35. The molecule has 0 radical (unpaired) electrons. The zero-order chi connectivity index (χ0) is 15.6. The smallest absolute Gasteiger partial charge is 0.260 e. The third kappa shape index (κ3) is 3.51. The molecule has 0 saturated carbocycles. The number of imidazole rings is 1. The number of sulfonamides is 1. The van der Waals surface area contributed by atoms with E-state index in [1.807, 2.05) is 24.3 Å². The molecular formula is C15H21N3O2S. The van der Waals surface area contributed by atoms with E-state index in [1.165, 1.54) is 16.1 Å². The van der Waals surface area contributed by atoms with Crippen LogP contribution in [-0.4, -0.2) is 29.7 Å². The number of nitrogens with zero attached hydrogens (tertiary/aromatic N) is 2. The summed E-state index contributed by atoms with van der Waals surface area (Å²) in [5.74, 6) is 1.05. The summed E-state index contributed by atoms with van der Waals surface area (Å²) in [6, 6.07) is 8.03. The van der Waals surface area contributed by atoms with Crippen LogP contribution >= 0.6 is 0 Å². The molecule has 1 N–H and O–H groups in total. The molecule has 0 aliphatic heterocycles. The Labute approximate surface area is 126 Å². The standard InChI is InChI=1S/C15H21N3O2S/c1-11(2)14-7-5-13(6-8-14)10-18(4)21(19,20)15-9-16-12(3)17-15/h5-9,11H,10H2,1-4H3,(H,16,17). The fraction of sp³-hybridized carbons (Fsp3) is 0.400. The molecule has 6 heteroatoms. The highest BCUT2D eigenvalue weighted by atomic mass is 32.2. The molecular weight excluding hydrogens is 286 g/mol. The van der Waals surface area contributed by atoms with Crippen molar-refractivity contribution in [2.45, 2.75) is 38.3 Å². The summed E-state index contributed by atoms with van der Waals surface area (Å²) in [5, 5.41) is 0.126. The van der Waals surface area contributed by atoms with Crippen LogP contribution in [0.4, 0.5) is 0 Å². The van der Waals surface area contributed by atoms with Gasteiger partial charge in [0.25, 0.3) is 10.0 Å². The number of nitrogens with one attached hydrogen (secondary N) is 1. The number of rotatable bonds is 5. The van der Waals surface area contributed by atoms with Gasteiger partial charge in [-0.1, -0.05) is 38.1 Å². The highest BCUT2D eigenvalue weighted by Gasteiger charge is 2.22. The Morgan fingerprint density at radius 2 is 1.86 bits per heavy atom. The first-order valence-corrected chi connectivity index (χ1v) is 8.31. The van der Waals surface area contributed by atoms with Gasteiger partial charge in [-0.05, 0) is 24.0 Å². The van der Waals surface area contributed by atoms with Crippen LogP contribution in [0.5, 0.6) is 0 Å². The van der Waals surface area contributed by atoms with E-state index in [-0.39, 0.29) is 5.03 Å². The lowest BCUT2D eigenvalue weighted by molar-refractivity contribution is 0.464. The molecule has 0 spiro atoms. The highest BCUT2D eigenvalue weighted by Crippen LogP contribution is 2.18. The molecule has 0 unspecified atom stereocenters. The van der Waals surface area contributed by atoms with E-state index >= 15 is 0 Å². The summed E-state index contributed by atoms with van der Waals surface area (Å²) in [6.45, 7) is 6.32. The summed E-state index contributed by atoms with van der Waals surface area (Å²) >= 11 is 0. The second kappa shape index (κ2) is 5.99. The van der Waals surface area contributed by atoms with Gasteiger partial charge in [0.2, 0.25) is 0 Å². The van der Waals surface area contributed by atoms with Gasteiger partial charge in [0.1, 0.15) is 5.82 Å². The lowest BCUT2D eigenvalue weighted by Gasteiger charge is -2.16. The van der Waals surface area contributed by atoms with Gasteiger partial charge in [0.05, 0.1) is 6.20 Å². The van der Waals surface area contributed by atoms with Crippen LogP contribution in [0.2, 0.25) is 0 Å². The van der Waals surface area contributed by atoms with E-state index in [0.717, 1.165) is 5.56 Å². The monoisotopic (exact) mass is 307 g/mol. The molecule has 1 heterocycles. The molecule has 5 nitrogen and oxygen atoms in total. The van der Waals surface area contributed by atoms with Crippen LogP contribution in [-0.2, 0) is 16.6 Å². The Hall–Kier alpha value is -1.66. The number of hydrogen-bond donors (Lipinski definition) is 1. The first-order valence-electron chi connectivity index (χ1n) is 6.87. The van der Waals surface area contributed by atoms with Crippen molar-refractivity contribution in [2.24, 2.45) is 0 Å². The van der Waals surface area contributed by atoms with Gasteiger partial charge in [-0.2, -0.15) is 4.31 Å². The van der Waals surface area contributed by atoms with Gasteiger partial charge in [-0.3, -0.25) is 0 Å². The Bertz CT molecular complexity index is 703. The van der Waals surface area contributed by atoms with Crippen LogP contribution < -0.4 is 0 Å². The number of hydrogen-bond acceptors (Lipinski definition) is 3. The molecule has 1 aromatic carbocycles. The number of benzene rings is 1. The van der Waals surface area contributed by atoms with E-state index in [2.05, 4.69) is 23.8 Å². The van der Waals surface area contributed by atoms with Crippen molar-refractivity contribution in [2.75, 3.05) is 7.05 Å². The molecule has 0 bridgehead atoms. The Morgan fingerprint density at radius 3 is 2.33 bits per heavy atom. The summed E-state index contributed by atoms with van der Waals surface area (Å²) < 4.78 is 26.1. The number of aryl methyl sites for hydroxylation is 1. The maximum Gasteiger partial charge on any atom is 0.260 e. The minimum atomic E-state index is -3.53. The molecule has 114 valence electrons. The molecule has 1 aromatic heterocycles. The normalized spacial score (nSPS) is 12.3.